The lowest BCUT2D eigenvalue weighted by atomic mass is 10.2. The number of benzene rings is 1. The molecule has 0 aliphatic carbocycles. The quantitative estimate of drug-likeness (QED) is 0.779. The van der Waals surface area contributed by atoms with E-state index in [4.69, 9.17) is 0 Å². The number of nitrogens with zero attached hydrogens (tertiary/aromatic N) is 3. The van der Waals surface area contributed by atoms with Crippen molar-refractivity contribution in [1.29, 1.82) is 0 Å². The summed E-state index contributed by atoms with van der Waals surface area (Å²) in [6, 6.07) is 10.2. The van der Waals surface area contributed by atoms with Gasteiger partial charge in [-0.2, -0.15) is 5.10 Å². The molecule has 0 spiro atoms. The van der Waals surface area contributed by atoms with Gasteiger partial charge in [-0.15, -0.1) is 0 Å². The summed E-state index contributed by atoms with van der Waals surface area (Å²) >= 11 is 0. The maximum atomic E-state index is 4.36. The molecule has 0 fully saturated rings. The number of pyridine rings is 1. The molecular formula is C15H16N4. The first-order chi connectivity index (χ1) is 9.24. The molecule has 0 aliphatic heterocycles. The maximum absolute atomic E-state index is 4.36. The summed E-state index contributed by atoms with van der Waals surface area (Å²) in [5, 5.41) is 8.96. The lowest BCUT2D eigenvalue weighted by Gasteiger charge is -2.08. The Kier molecular flexibility index (Phi) is 2.91. The predicted octanol–water partition coefficient (Wildman–Crippen LogP) is 2.89. The molecule has 0 atom stereocenters. The molecule has 4 nitrogen and oxygen atoms in total. The number of para-hydroxylation sites is 1. The first kappa shape index (κ1) is 11.7. The summed E-state index contributed by atoms with van der Waals surface area (Å²) in [6.07, 6.45) is 3.88. The van der Waals surface area contributed by atoms with Crippen LogP contribution in [0.4, 0.5) is 5.69 Å². The van der Waals surface area contributed by atoms with Gasteiger partial charge in [-0.05, 0) is 19.1 Å². The molecule has 0 saturated carbocycles. The van der Waals surface area contributed by atoms with Gasteiger partial charge in [-0.1, -0.05) is 18.2 Å². The van der Waals surface area contributed by atoms with E-state index in [-0.39, 0.29) is 0 Å². The Balaban J connectivity index is 1.88. The summed E-state index contributed by atoms with van der Waals surface area (Å²) in [5.41, 5.74) is 4.39. The average Bonchev–Trinajstić information content (AvgIpc) is 2.74. The van der Waals surface area contributed by atoms with Crippen molar-refractivity contribution in [2.75, 3.05) is 5.32 Å². The van der Waals surface area contributed by atoms with Gasteiger partial charge < -0.3 is 5.32 Å². The molecule has 1 aromatic carbocycles. The number of anilines is 1. The van der Waals surface area contributed by atoms with Gasteiger partial charge in [-0.25, -0.2) is 0 Å². The third-order valence-corrected chi connectivity index (χ3v) is 3.23. The van der Waals surface area contributed by atoms with Crippen LogP contribution in [0.3, 0.4) is 0 Å². The van der Waals surface area contributed by atoms with Crippen LogP contribution in [0.1, 0.15) is 11.3 Å². The zero-order valence-corrected chi connectivity index (χ0v) is 11.1. The van der Waals surface area contributed by atoms with Gasteiger partial charge >= 0.3 is 0 Å². The molecule has 4 heteroatoms. The topological polar surface area (TPSA) is 42.7 Å². The fourth-order valence-electron chi connectivity index (χ4n) is 2.26. The van der Waals surface area contributed by atoms with Crippen LogP contribution in [0.15, 0.2) is 42.7 Å². The molecule has 0 radical (unpaired) electrons. The lowest BCUT2D eigenvalue weighted by Crippen LogP contribution is -2.00. The molecule has 0 aliphatic rings. The molecule has 3 rings (SSSR count). The highest BCUT2D eigenvalue weighted by molar-refractivity contribution is 5.90. The van der Waals surface area contributed by atoms with Gasteiger partial charge in [0.1, 0.15) is 0 Å². The monoisotopic (exact) mass is 252 g/mol. The number of aromatic nitrogens is 3. The minimum Gasteiger partial charge on any atom is -0.380 e. The minimum absolute atomic E-state index is 0.772. The Labute approximate surface area is 112 Å². The number of fused-ring (bicyclic) bond motifs is 1. The summed E-state index contributed by atoms with van der Waals surface area (Å²) in [7, 11) is 1.94. The largest absolute Gasteiger partial charge is 0.380 e. The average molecular weight is 252 g/mol. The normalized spacial score (nSPS) is 10.8. The second-order valence-corrected chi connectivity index (χ2v) is 4.64. The SMILES string of the molecule is Cc1nn(C)cc1CNc1ccnc2ccccc12. The molecule has 19 heavy (non-hydrogen) atoms. The highest BCUT2D eigenvalue weighted by Gasteiger charge is 2.04. The third-order valence-electron chi connectivity index (χ3n) is 3.23. The number of hydrogen-bond acceptors (Lipinski definition) is 3. The Bertz CT molecular complexity index is 710. The van der Waals surface area contributed by atoms with Crippen LogP contribution >= 0.6 is 0 Å². The van der Waals surface area contributed by atoms with Gasteiger partial charge in [0.05, 0.1) is 11.2 Å². The van der Waals surface area contributed by atoms with E-state index in [1.54, 1.807) is 0 Å². The van der Waals surface area contributed by atoms with Gasteiger partial charge in [-0.3, -0.25) is 9.67 Å². The lowest BCUT2D eigenvalue weighted by molar-refractivity contribution is 0.756. The summed E-state index contributed by atoms with van der Waals surface area (Å²) in [5.74, 6) is 0. The molecule has 2 heterocycles. The van der Waals surface area contributed by atoms with E-state index < -0.39 is 0 Å². The van der Waals surface area contributed by atoms with Gasteiger partial charge in [0.2, 0.25) is 0 Å². The Morgan fingerprint density at radius 1 is 1.21 bits per heavy atom. The second kappa shape index (κ2) is 4.72. The van der Waals surface area contributed by atoms with Crippen molar-refractivity contribution in [3.8, 4) is 0 Å². The Hall–Kier alpha value is -2.36. The van der Waals surface area contributed by atoms with Crippen molar-refractivity contribution in [2.45, 2.75) is 13.5 Å². The fraction of sp³-hybridized carbons (Fsp3) is 0.200. The molecule has 0 unspecified atom stereocenters. The van der Waals surface area contributed by atoms with Crippen LogP contribution in [0, 0.1) is 6.92 Å². The second-order valence-electron chi connectivity index (χ2n) is 4.64. The number of hydrogen-bond donors (Lipinski definition) is 1. The molecule has 0 saturated heterocycles. The van der Waals surface area contributed by atoms with Crippen LogP contribution in [-0.4, -0.2) is 14.8 Å². The van der Waals surface area contributed by atoms with Gasteiger partial charge in [0.25, 0.3) is 0 Å². The molecule has 96 valence electrons. The highest BCUT2D eigenvalue weighted by Crippen LogP contribution is 2.21. The van der Waals surface area contributed by atoms with Crippen LogP contribution in [0.25, 0.3) is 10.9 Å². The zero-order chi connectivity index (χ0) is 13.2. The van der Waals surface area contributed by atoms with Crippen molar-refractivity contribution >= 4 is 16.6 Å². The van der Waals surface area contributed by atoms with Crippen molar-refractivity contribution in [3.63, 3.8) is 0 Å². The fourth-order valence-corrected chi connectivity index (χ4v) is 2.26. The van der Waals surface area contributed by atoms with E-state index >= 15 is 0 Å². The Morgan fingerprint density at radius 3 is 2.84 bits per heavy atom. The minimum atomic E-state index is 0.772. The van der Waals surface area contributed by atoms with E-state index in [0.29, 0.717) is 0 Å². The Morgan fingerprint density at radius 2 is 2.05 bits per heavy atom. The first-order valence-electron chi connectivity index (χ1n) is 6.31. The van der Waals surface area contributed by atoms with Crippen molar-refractivity contribution in [3.05, 3.63) is 54.0 Å². The molecule has 2 aromatic heterocycles. The smallest absolute Gasteiger partial charge is 0.0722 e. The number of aryl methyl sites for hydroxylation is 2. The van der Waals surface area contributed by atoms with Crippen LogP contribution in [-0.2, 0) is 13.6 Å². The van der Waals surface area contributed by atoms with Gasteiger partial charge in [0, 0.05) is 42.6 Å². The first-order valence-corrected chi connectivity index (χ1v) is 6.31. The summed E-state index contributed by atoms with van der Waals surface area (Å²) < 4.78 is 1.84. The third kappa shape index (κ3) is 2.29. The van der Waals surface area contributed by atoms with E-state index in [0.717, 1.165) is 28.8 Å². The van der Waals surface area contributed by atoms with E-state index in [2.05, 4.69) is 21.5 Å². The van der Waals surface area contributed by atoms with Crippen LogP contribution in [0.2, 0.25) is 0 Å². The zero-order valence-electron chi connectivity index (χ0n) is 11.1. The van der Waals surface area contributed by atoms with Crippen LogP contribution in [0.5, 0.6) is 0 Å². The highest BCUT2D eigenvalue weighted by atomic mass is 15.2. The maximum Gasteiger partial charge on any atom is 0.0722 e. The van der Waals surface area contributed by atoms with Crippen molar-refractivity contribution < 1.29 is 0 Å². The molecular weight excluding hydrogens is 236 g/mol. The number of nitrogens with one attached hydrogen (secondary N) is 1. The molecule has 3 aromatic rings. The van der Waals surface area contributed by atoms with Crippen molar-refractivity contribution in [2.24, 2.45) is 7.05 Å². The van der Waals surface area contributed by atoms with E-state index in [9.17, 15) is 0 Å². The molecule has 0 bridgehead atoms. The van der Waals surface area contributed by atoms with E-state index in [1.165, 1.54) is 5.56 Å². The summed E-state index contributed by atoms with van der Waals surface area (Å²) in [6.45, 7) is 2.80. The molecule has 1 N–H and O–H groups in total. The van der Waals surface area contributed by atoms with Crippen LogP contribution < -0.4 is 5.32 Å². The van der Waals surface area contributed by atoms with E-state index in [1.807, 2.05) is 55.3 Å². The standard InChI is InChI=1S/C15H16N4/c1-11-12(10-19(2)18-11)9-17-15-7-8-16-14-6-4-3-5-13(14)15/h3-8,10H,9H2,1-2H3,(H,16,17). The predicted molar refractivity (Wildman–Crippen MR) is 77.0 cm³/mol. The molecule has 0 amide bonds. The van der Waals surface area contributed by atoms with Crippen molar-refractivity contribution in [1.82, 2.24) is 14.8 Å². The number of rotatable bonds is 3. The van der Waals surface area contributed by atoms with Gasteiger partial charge in [0.15, 0.2) is 0 Å². The summed E-state index contributed by atoms with van der Waals surface area (Å²) in [4.78, 5) is 4.36.